The van der Waals surface area contributed by atoms with Crippen LogP contribution in [-0.4, -0.2) is 12.3 Å². The molecule has 0 aromatic heterocycles. The summed E-state index contributed by atoms with van der Waals surface area (Å²) in [6.45, 7) is 5.17. The Hall–Kier alpha value is -0.610. The lowest BCUT2D eigenvalue weighted by atomic mass is 9.92. The minimum Gasteiger partial charge on any atom is -0.310 e. The van der Waals surface area contributed by atoms with Crippen molar-refractivity contribution in [3.8, 4) is 0 Å². The number of nitrogens with one attached hydrogen (secondary N) is 1. The smallest absolute Gasteiger partial charge is 0.163 e. The maximum Gasteiger partial charge on any atom is 0.163 e. The molecule has 1 aromatic carbocycles. The summed E-state index contributed by atoms with van der Waals surface area (Å²) in [6.07, 6.45) is 1.04. The van der Waals surface area contributed by atoms with Crippen molar-refractivity contribution < 1.29 is 8.78 Å². The van der Waals surface area contributed by atoms with Gasteiger partial charge < -0.3 is 5.32 Å². The van der Waals surface area contributed by atoms with E-state index in [1.54, 1.807) is 17.8 Å². The van der Waals surface area contributed by atoms with Crippen LogP contribution in [-0.2, 0) is 5.75 Å². The molecule has 2 atom stereocenters. The zero-order valence-corrected chi connectivity index (χ0v) is 11.6. The van der Waals surface area contributed by atoms with Crippen LogP contribution in [0.4, 0.5) is 8.78 Å². The van der Waals surface area contributed by atoms with E-state index in [4.69, 9.17) is 0 Å². The van der Waals surface area contributed by atoms with E-state index in [1.165, 1.54) is 6.07 Å². The topological polar surface area (TPSA) is 12.0 Å². The first-order valence-electron chi connectivity index (χ1n) is 6.43. The second-order valence-electron chi connectivity index (χ2n) is 4.85. The van der Waals surface area contributed by atoms with Crippen LogP contribution in [0.15, 0.2) is 12.1 Å². The van der Waals surface area contributed by atoms with E-state index in [1.807, 2.05) is 0 Å². The number of benzene rings is 1. The fourth-order valence-corrected chi connectivity index (χ4v) is 3.59. The summed E-state index contributed by atoms with van der Waals surface area (Å²) in [5.74, 6) is 0.549. The number of thioether (sulfide) groups is 1. The highest BCUT2D eigenvalue weighted by Crippen LogP contribution is 2.36. The molecule has 0 bridgehead atoms. The summed E-state index contributed by atoms with van der Waals surface area (Å²) < 4.78 is 27.2. The average Bonchev–Trinajstić information content (AvgIpc) is 2.51. The molecule has 1 aliphatic rings. The molecule has 0 saturated heterocycles. The molecular weight excluding hydrogens is 252 g/mol. The normalized spacial score (nSPS) is 23.6. The number of rotatable bonds is 3. The monoisotopic (exact) mass is 271 g/mol. The first-order chi connectivity index (χ1) is 8.65. The highest BCUT2D eigenvalue weighted by molar-refractivity contribution is 7.98. The van der Waals surface area contributed by atoms with Gasteiger partial charge in [-0.1, -0.05) is 19.9 Å². The molecule has 0 radical (unpaired) electrons. The molecule has 0 spiro atoms. The van der Waals surface area contributed by atoms with Crippen LogP contribution in [0.3, 0.4) is 0 Å². The van der Waals surface area contributed by atoms with Crippen LogP contribution in [0.5, 0.6) is 0 Å². The Morgan fingerprint density at radius 2 is 2.17 bits per heavy atom. The first-order valence-corrected chi connectivity index (χ1v) is 7.58. The molecule has 1 heterocycles. The molecule has 100 valence electrons. The Balaban J connectivity index is 2.39. The summed E-state index contributed by atoms with van der Waals surface area (Å²) in [4.78, 5) is 0. The molecule has 1 aromatic rings. The fourth-order valence-electron chi connectivity index (χ4n) is 2.41. The Morgan fingerprint density at radius 3 is 2.89 bits per heavy atom. The Labute approximate surface area is 111 Å². The minimum absolute atomic E-state index is 0.130. The van der Waals surface area contributed by atoms with E-state index < -0.39 is 11.6 Å². The molecule has 0 fully saturated rings. The van der Waals surface area contributed by atoms with Crippen molar-refractivity contribution in [1.82, 2.24) is 5.32 Å². The van der Waals surface area contributed by atoms with Gasteiger partial charge in [0.2, 0.25) is 0 Å². The largest absolute Gasteiger partial charge is 0.310 e. The summed E-state index contributed by atoms with van der Waals surface area (Å²) in [5.41, 5.74) is 1.47. The molecule has 0 aliphatic carbocycles. The van der Waals surface area contributed by atoms with Crippen LogP contribution < -0.4 is 5.32 Å². The van der Waals surface area contributed by atoms with Crippen molar-refractivity contribution in [2.24, 2.45) is 5.92 Å². The quantitative estimate of drug-likeness (QED) is 0.895. The van der Waals surface area contributed by atoms with Crippen molar-refractivity contribution in [2.75, 3.05) is 12.3 Å². The minimum atomic E-state index is -0.738. The lowest BCUT2D eigenvalue weighted by molar-refractivity contribution is 0.413. The zero-order valence-electron chi connectivity index (χ0n) is 10.8. The van der Waals surface area contributed by atoms with E-state index in [0.717, 1.165) is 24.3 Å². The highest BCUT2D eigenvalue weighted by Gasteiger charge is 2.27. The van der Waals surface area contributed by atoms with Gasteiger partial charge in [-0.2, -0.15) is 11.8 Å². The standard InChI is InChI=1S/C14H19F2NS/c1-3-6-17-14-9(2)7-18-8-11-10(14)4-5-12(15)13(11)16/h4-5,9,14,17H,3,6-8H2,1-2H3. The van der Waals surface area contributed by atoms with Gasteiger partial charge in [-0.05, 0) is 36.3 Å². The summed E-state index contributed by atoms with van der Waals surface area (Å²) in [5, 5.41) is 3.46. The van der Waals surface area contributed by atoms with Crippen molar-refractivity contribution >= 4 is 11.8 Å². The molecule has 2 rings (SSSR count). The molecule has 2 unspecified atom stereocenters. The lowest BCUT2D eigenvalue weighted by Gasteiger charge is -2.24. The second-order valence-corrected chi connectivity index (χ2v) is 5.88. The van der Waals surface area contributed by atoms with E-state index in [2.05, 4.69) is 19.2 Å². The lowest BCUT2D eigenvalue weighted by Crippen LogP contribution is -2.29. The van der Waals surface area contributed by atoms with Gasteiger partial charge in [0.25, 0.3) is 0 Å². The van der Waals surface area contributed by atoms with Crippen molar-refractivity contribution in [1.29, 1.82) is 0 Å². The van der Waals surface area contributed by atoms with E-state index in [9.17, 15) is 8.78 Å². The van der Waals surface area contributed by atoms with Gasteiger partial charge in [0, 0.05) is 17.4 Å². The number of halogens is 2. The van der Waals surface area contributed by atoms with E-state index in [0.29, 0.717) is 17.2 Å². The highest BCUT2D eigenvalue weighted by atomic mass is 32.2. The molecule has 1 nitrogen and oxygen atoms in total. The summed E-state index contributed by atoms with van der Waals surface area (Å²) in [6, 6.07) is 3.12. The van der Waals surface area contributed by atoms with Crippen LogP contribution in [0.25, 0.3) is 0 Å². The van der Waals surface area contributed by atoms with Gasteiger partial charge in [0.1, 0.15) is 0 Å². The third-order valence-corrected chi connectivity index (χ3v) is 4.63. The van der Waals surface area contributed by atoms with Crippen LogP contribution in [0, 0.1) is 17.6 Å². The first kappa shape index (κ1) is 13.8. The Bertz CT molecular complexity index is 423. The molecule has 0 saturated carbocycles. The van der Waals surface area contributed by atoms with Crippen LogP contribution in [0.1, 0.15) is 37.4 Å². The van der Waals surface area contributed by atoms with Gasteiger partial charge >= 0.3 is 0 Å². The maximum atomic E-state index is 13.9. The van der Waals surface area contributed by atoms with Crippen molar-refractivity contribution in [3.63, 3.8) is 0 Å². The molecule has 1 N–H and O–H groups in total. The third kappa shape index (κ3) is 2.69. The second kappa shape index (κ2) is 6.02. The van der Waals surface area contributed by atoms with E-state index in [-0.39, 0.29) is 6.04 Å². The zero-order chi connectivity index (χ0) is 13.1. The molecular formula is C14H19F2NS. The van der Waals surface area contributed by atoms with Gasteiger partial charge in [-0.15, -0.1) is 0 Å². The predicted octanol–water partition coefficient (Wildman–Crippen LogP) is 3.89. The summed E-state index contributed by atoms with van der Waals surface area (Å²) >= 11 is 1.68. The van der Waals surface area contributed by atoms with Crippen molar-refractivity contribution in [3.05, 3.63) is 34.9 Å². The van der Waals surface area contributed by atoms with Crippen LogP contribution in [0.2, 0.25) is 0 Å². The Kier molecular flexibility index (Phi) is 4.62. The summed E-state index contributed by atoms with van der Waals surface area (Å²) in [7, 11) is 0. The number of fused-ring (bicyclic) bond motifs is 1. The molecule has 0 amide bonds. The van der Waals surface area contributed by atoms with Gasteiger partial charge in [0.15, 0.2) is 11.6 Å². The SMILES string of the molecule is CCCNC1c2ccc(F)c(F)c2CSCC1C. The molecule has 1 aliphatic heterocycles. The van der Waals surface area contributed by atoms with Gasteiger partial charge in [0.05, 0.1) is 0 Å². The van der Waals surface area contributed by atoms with Crippen LogP contribution >= 0.6 is 11.8 Å². The molecule has 18 heavy (non-hydrogen) atoms. The predicted molar refractivity (Wildman–Crippen MR) is 72.7 cm³/mol. The number of hydrogen-bond acceptors (Lipinski definition) is 2. The van der Waals surface area contributed by atoms with Gasteiger partial charge in [-0.25, -0.2) is 8.78 Å². The molecule has 4 heteroatoms. The Morgan fingerprint density at radius 1 is 1.39 bits per heavy atom. The van der Waals surface area contributed by atoms with Gasteiger partial charge in [-0.3, -0.25) is 0 Å². The average molecular weight is 271 g/mol. The van der Waals surface area contributed by atoms with Crippen molar-refractivity contribution in [2.45, 2.75) is 32.1 Å². The maximum absolute atomic E-state index is 13.9. The fraction of sp³-hybridized carbons (Fsp3) is 0.571. The third-order valence-electron chi connectivity index (χ3n) is 3.38. The van der Waals surface area contributed by atoms with E-state index >= 15 is 0 Å². The number of hydrogen-bond donors (Lipinski definition) is 1.